The molecule has 0 unspecified atom stereocenters. The molecule has 2 aromatic carbocycles. The molecule has 0 bridgehead atoms. The fourth-order valence-corrected chi connectivity index (χ4v) is 2.29. The SMILES string of the molecule is CCCNC(=O)c1ccccc1NC(=O)[C@H](C)Oc1ccccc1C. The van der Waals surface area contributed by atoms with Crippen LogP contribution in [-0.4, -0.2) is 24.5 Å². The van der Waals surface area contributed by atoms with Gasteiger partial charge in [0.1, 0.15) is 5.75 Å². The van der Waals surface area contributed by atoms with E-state index in [1.165, 1.54) is 0 Å². The van der Waals surface area contributed by atoms with Crippen LogP contribution in [0.5, 0.6) is 5.75 Å². The van der Waals surface area contributed by atoms with Crippen LogP contribution in [0.4, 0.5) is 5.69 Å². The van der Waals surface area contributed by atoms with Gasteiger partial charge in [0.15, 0.2) is 6.10 Å². The summed E-state index contributed by atoms with van der Waals surface area (Å²) in [7, 11) is 0. The fourth-order valence-electron chi connectivity index (χ4n) is 2.29. The zero-order valence-corrected chi connectivity index (χ0v) is 14.8. The highest BCUT2D eigenvalue weighted by Gasteiger charge is 2.18. The predicted molar refractivity (Wildman–Crippen MR) is 99.0 cm³/mol. The average Bonchev–Trinajstić information content (AvgIpc) is 2.62. The molecule has 2 rings (SSSR count). The summed E-state index contributed by atoms with van der Waals surface area (Å²) >= 11 is 0. The summed E-state index contributed by atoms with van der Waals surface area (Å²) in [4.78, 5) is 24.7. The van der Waals surface area contributed by atoms with Crippen molar-refractivity contribution in [2.75, 3.05) is 11.9 Å². The Labute approximate surface area is 148 Å². The number of ether oxygens (including phenoxy) is 1. The molecule has 0 aromatic heterocycles. The summed E-state index contributed by atoms with van der Waals surface area (Å²) in [6.07, 6.45) is 0.162. The smallest absolute Gasteiger partial charge is 0.265 e. The van der Waals surface area contributed by atoms with Crippen LogP contribution in [0.15, 0.2) is 48.5 Å². The van der Waals surface area contributed by atoms with Crippen LogP contribution >= 0.6 is 0 Å². The maximum atomic E-state index is 12.4. The number of amides is 2. The van der Waals surface area contributed by atoms with Gasteiger partial charge in [0.25, 0.3) is 11.8 Å². The lowest BCUT2D eigenvalue weighted by Gasteiger charge is -2.17. The molecule has 0 aliphatic rings. The minimum atomic E-state index is -0.687. The van der Waals surface area contributed by atoms with Crippen molar-refractivity contribution in [2.45, 2.75) is 33.3 Å². The van der Waals surface area contributed by atoms with E-state index >= 15 is 0 Å². The van der Waals surface area contributed by atoms with E-state index in [1.54, 1.807) is 31.2 Å². The summed E-state index contributed by atoms with van der Waals surface area (Å²) in [6.45, 7) is 6.18. The van der Waals surface area contributed by atoms with Crippen molar-refractivity contribution in [3.05, 3.63) is 59.7 Å². The van der Waals surface area contributed by atoms with Gasteiger partial charge in [0, 0.05) is 6.54 Å². The van der Waals surface area contributed by atoms with Crippen LogP contribution in [0.25, 0.3) is 0 Å². The highest BCUT2D eigenvalue weighted by atomic mass is 16.5. The lowest BCUT2D eigenvalue weighted by atomic mass is 10.1. The quantitative estimate of drug-likeness (QED) is 0.810. The highest BCUT2D eigenvalue weighted by Crippen LogP contribution is 2.19. The molecule has 2 amide bonds. The second-order valence-electron chi connectivity index (χ2n) is 5.82. The fraction of sp³-hybridized carbons (Fsp3) is 0.300. The van der Waals surface area contributed by atoms with Crippen molar-refractivity contribution in [1.82, 2.24) is 5.32 Å². The number of benzene rings is 2. The van der Waals surface area contributed by atoms with Gasteiger partial charge in [-0.2, -0.15) is 0 Å². The first-order valence-electron chi connectivity index (χ1n) is 8.43. The van der Waals surface area contributed by atoms with Gasteiger partial charge in [-0.05, 0) is 44.0 Å². The van der Waals surface area contributed by atoms with Crippen LogP contribution in [0.1, 0.15) is 36.2 Å². The van der Waals surface area contributed by atoms with E-state index in [2.05, 4.69) is 10.6 Å². The zero-order chi connectivity index (χ0) is 18.2. The monoisotopic (exact) mass is 340 g/mol. The standard InChI is InChI=1S/C20H24N2O3/c1-4-13-21-20(24)16-10-6-7-11-17(16)22-19(23)15(3)25-18-12-8-5-9-14(18)2/h5-12,15H,4,13H2,1-3H3,(H,21,24)(H,22,23)/t15-/m0/s1. The maximum absolute atomic E-state index is 12.4. The van der Waals surface area contributed by atoms with Crippen LogP contribution < -0.4 is 15.4 Å². The predicted octanol–water partition coefficient (Wildman–Crippen LogP) is 3.54. The Hall–Kier alpha value is -2.82. The molecule has 0 aliphatic heterocycles. The van der Waals surface area contributed by atoms with Crippen LogP contribution in [-0.2, 0) is 4.79 Å². The molecular formula is C20H24N2O3. The van der Waals surface area contributed by atoms with Crippen molar-refractivity contribution in [2.24, 2.45) is 0 Å². The molecule has 0 saturated heterocycles. The van der Waals surface area contributed by atoms with Crippen molar-refractivity contribution in [3.63, 3.8) is 0 Å². The molecule has 2 aromatic rings. The van der Waals surface area contributed by atoms with Gasteiger partial charge in [-0.1, -0.05) is 37.3 Å². The van der Waals surface area contributed by atoms with Crippen molar-refractivity contribution >= 4 is 17.5 Å². The molecular weight excluding hydrogens is 316 g/mol. The first-order chi connectivity index (χ1) is 12.0. The third-order valence-corrected chi connectivity index (χ3v) is 3.73. The van der Waals surface area contributed by atoms with E-state index < -0.39 is 6.10 Å². The molecule has 5 heteroatoms. The van der Waals surface area contributed by atoms with Crippen molar-refractivity contribution in [1.29, 1.82) is 0 Å². The molecule has 0 spiro atoms. The minimum absolute atomic E-state index is 0.203. The lowest BCUT2D eigenvalue weighted by Crippen LogP contribution is -2.32. The second-order valence-corrected chi connectivity index (χ2v) is 5.82. The molecule has 0 fully saturated rings. The van der Waals surface area contributed by atoms with Gasteiger partial charge in [-0.15, -0.1) is 0 Å². The molecule has 25 heavy (non-hydrogen) atoms. The lowest BCUT2D eigenvalue weighted by molar-refractivity contribution is -0.122. The topological polar surface area (TPSA) is 67.4 Å². The maximum Gasteiger partial charge on any atom is 0.265 e. The largest absolute Gasteiger partial charge is 0.481 e. The third-order valence-electron chi connectivity index (χ3n) is 3.73. The van der Waals surface area contributed by atoms with Gasteiger partial charge < -0.3 is 15.4 Å². The summed E-state index contributed by atoms with van der Waals surface area (Å²) in [6, 6.07) is 14.5. The summed E-state index contributed by atoms with van der Waals surface area (Å²) < 4.78 is 5.73. The Bertz CT molecular complexity index is 743. The molecule has 0 aliphatic carbocycles. The number of nitrogens with one attached hydrogen (secondary N) is 2. The van der Waals surface area contributed by atoms with Gasteiger partial charge in [-0.3, -0.25) is 9.59 Å². The van der Waals surface area contributed by atoms with Gasteiger partial charge in [0.05, 0.1) is 11.3 Å². The van der Waals surface area contributed by atoms with Crippen LogP contribution in [0.2, 0.25) is 0 Å². The van der Waals surface area contributed by atoms with Crippen molar-refractivity contribution < 1.29 is 14.3 Å². The number of hydrogen-bond acceptors (Lipinski definition) is 3. The second kappa shape index (κ2) is 8.87. The Morgan fingerprint density at radius 2 is 1.76 bits per heavy atom. The Balaban J connectivity index is 2.07. The van der Waals surface area contributed by atoms with E-state index in [0.717, 1.165) is 12.0 Å². The van der Waals surface area contributed by atoms with Crippen LogP contribution in [0, 0.1) is 6.92 Å². The first kappa shape index (κ1) is 18.5. The van der Waals surface area contributed by atoms with E-state index in [0.29, 0.717) is 23.5 Å². The number of aryl methyl sites for hydroxylation is 1. The zero-order valence-electron chi connectivity index (χ0n) is 14.8. The first-order valence-corrected chi connectivity index (χ1v) is 8.43. The number of carbonyl (C=O) groups is 2. The normalized spacial score (nSPS) is 11.5. The Morgan fingerprint density at radius 1 is 1.08 bits per heavy atom. The number of rotatable bonds is 7. The number of carbonyl (C=O) groups excluding carboxylic acids is 2. The average molecular weight is 340 g/mol. The molecule has 0 radical (unpaired) electrons. The molecule has 0 saturated carbocycles. The van der Waals surface area contributed by atoms with Crippen LogP contribution in [0.3, 0.4) is 0 Å². The number of anilines is 1. The Morgan fingerprint density at radius 3 is 2.48 bits per heavy atom. The van der Waals surface area contributed by atoms with E-state index in [9.17, 15) is 9.59 Å². The van der Waals surface area contributed by atoms with Gasteiger partial charge in [0.2, 0.25) is 0 Å². The molecule has 132 valence electrons. The molecule has 2 N–H and O–H groups in total. The van der Waals surface area contributed by atoms with Gasteiger partial charge >= 0.3 is 0 Å². The summed E-state index contributed by atoms with van der Waals surface area (Å²) in [5.74, 6) is 0.156. The number of para-hydroxylation sites is 2. The van der Waals surface area contributed by atoms with E-state index in [4.69, 9.17) is 4.74 Å². The summed E-state index contributed by atoms with van der Waals surface area (Å²) in [5.41, 5.74) is 1.87. The minimum Gasteiger partial charge on any atom is -0.481 e. The number of hydrogen-bond donors (Lipinski definition) is 2. The molecule has 0 heterocycles. The van der Waals surface area contributed by atoms with Gasteiger partial charge in [-0.25, -0.2) is 0 Å². The third kappa shape index (κ3) is 5.08. The highest BCUT2D eigenvalue weighted by molar-refractivity contribution is 6.04. The molecule has 5 nitrogen and oxygen atoms in total. The Kier molecular flexibility index (Phi) is 6.57. The van der Waals surface area contributed by atoms with Crippen molar-refractivity contribution in [3.8, 4) is 5.75 Å². The summed E-state index contributed by atoms with van der Waals surface area (Å²) in [5, 5.41) is 5.60. The molecule has 1 atom stereocenters. The van der Waals surface area contributed by atoms with E-state index in [1.807, 2.05) is 38.1 Å². The van der Waals surface area contributed by atoms with E-state index in [-0.39, 0.29) is 11.8 Å².